The van der Waals surface area contributed by atoms with Crippen molar-refractivity contribution in [3.63, 3.8) is 0 Å². The first-order valence-corrected chi connectivity index (χ1v) is 7.33. The summed E-state index contributed by atoms with van der Waals surface area (Å²) < 4.78 is 51.0. The lowest BCUT2D eigenvalue weighted by molar-refractivity contribution is -0.137. The third-order valence-corrected chi connectivity index (χ3v) is 3.76. The Labute approximate surface area is 132 Å². The van der Waals surface area contributed by atoms with Crippen LogP contribution in [0.5, 0.6) is 0 Å². The summed E-state index contributed by atoms with van der Waals surface area (Å²) in [4.78, 5) is 11.7. The molecule has 0 atom stereocenters. The van der Waals surface area contributed by atoms with Crippen molar-refractivity contribution in [2.45, 2.75) is 26.1 Å². The predicted octanol–water partition coefficient (Wildman–Crippen LogP) is 3.58. The van der Waals surface area contributed by atoms with Crippen LogP contribution in [0.25, 0.3) is 0 Å². The number of halogens is 4. The highest BCUT2D eigenvalue weighted by Gasteiger charge is 2.31. The van der Waals surface area contributed by atoms with Crippen LogP contribution in [0.3, 0.4) is 0 Å². The summed E-state index contributed by atoms with van der Waals surface area (Å²) in [6.07, 6.45) is -3.98. The largest absolute Gasteiger partial charge is 0.416 e. The van der Waals surface area contributed by atoms with E-state index in [4.69, 9.17) is 0 Å². The summed E-state index contributed by atoms with van der Waals surface area (Å²) in [6, 6.07) is 1.05. The maximum atomic E-state index is 13.2. The van der Waals surface area contributed by atoms with Gasteiger partial charge in [0, 0.05) is 5.69 Å². The number of hydrogen-bond acceptors (Lipinski definition) is 4. The third-order valence-electron chi connectivity index (χ3n) is 2.69. The van der Waals surface area contributed by atoms with Crippen molar-refractivity contribution < 1.29 is 22.4 Å². The van der Waals surface area contributed by atoms with Gasteiger partial charge in [0.05, 0.1) is 12.1 Å². The molecule has 0 unspecified atom stereocenters. The maximum absolute atomic E-state index is 13.2. The Balaban J connectivity index is 1.98. The van der Waals surface area contributed by atoms with E-state index < -0.39 is 23.6 Å². The zero-order valence-corrected chi connectivity index (χ0v) is 12.7. The highest BCUT2D eigenvalue weighted by molar-refractivity contribution is 7.11. The van der Waals surface area contributed by atoms with E-state index >= 15 is 0 Å². The lowest BCUT2D eigenvalue weighted by Gasteiger charge is -2.10. The number of urea groups is 1. The van der Waals surface area contributed by atoms with Gasteiger partial charge in [-0.2, -0.15) is 13.2 Å². The number of amides is 2. The molecule has 0 aliphatic carbocycles. The van der Waals surface area contributed by atoms with Crippen LogP contribution >= 0.6 is 11.3 Å². The summed E-state index contributed by atoms with van der Waals surface area (Å²) >= 11 is 1.32. The smallest absolute Gasteiger partial charge is 0.331 e. The Morgan fingerprint density at radius 2 is 1.91 bits per heavy atom. The number of rotatable bonds is 4. The SMILES string of the molecule is CCc1nnc(CNC(=O)Nc2cc(F)cc(C(F)(F)F)c2)s1. The van der Waals surface area contributed by atoms with Crippen molar-refractivity contribution in [3.05, 3.63) is 39.6 Å². The van der Waals surface area contributed by atoms with Crippen LogP contribution in [-0.2, 0) is 19.1 Å². The zero-order chi connectivity index (χ0) is 17.0. The molecule has 0 aliphatic rings. The van der Waals surface area contributed by atoms with E-state index in [1.807, 2.05) is 6.92 Å². The Morgan fingerprint density at radius 1 is 1.22 bits per heavy atom. The lowest BCUT2D eigenvalue weighted by Crippen LogP contribution is -2.28. The highest BCUT2D eigenvalue weighted by Crippen LogP contribution is 2.31. The highest BCUT2D eigenvalue weighted by atomic mass is 32.1. The lowest BCUT2D eigenvalue weighted by atomic mass is 10.2. The van der Waals surface area contributed by atoms with Gasteiger partial charge in [0.25, 0.3) is 0 Å². The number of aromatic nitrogens is 2. The van der Waals surface area contributed by atoms with Crippen LogP contribution in [-0.4, -0.2) is 16.2 Å². The Bertz CT molecular complexity index is 702. The van der Waals surface area contributed by atoms with Gasteiger partial charge in [0.15, 0.2) is 0 Å². The predicted molar refractivity (Wildman–Crippen MR) is 76.5 cm³/mol. The molecule has 2 rings (SSSR count). The Hall–Kier alpha value is -2.23. The fourth-order valence-electron chi connectivity index (χ4n) is 1.66. The molecule has 2 aromatic rings. The molecule has 5 nitrogen and oxygen atoms in total. The van der Waals surface area contributed by atoms with Gasteiger partial charge in [-0.15, -0.1) is 10.2 Å². The maximum Gasteiger partial charge on any atom is 0.416 e. The molecule has 10 heteroatoms. The third kappa shape index (κ3) is 4.88. The number of benzene rings is 1. The number of carbonyl (C=O) groups is 1. The normalized spacial score (nSPS) is 11.3. The van der Waals surface area contributed by atoms with Gasteiger partial charge in [-0.25, -0.2) is 9.18 Å². The van der Waals surface area contributed by atoms with Crippen LogP contribution in [0.2, 0.25) is 0 Å². The summed E-state index contributed by atoms with van der Waals surface area (Å²) in [6.45, 7) is 1.98. The molecule has 1 aromatic heterocycles. The quantitative estimate of drug-likeness (QED) is 0.830. The fourth-order valence-corrected chi connectivity index (χ4v) is 2.38. The van der Waals surface area contributed by atoms with Crippen molar-refractivity contribution >= 4 is 23.1 Å². The molecule has 23 heavy (non-hydrogen) atoms. The minimum atomic E-state index is -4.70. The van der Waals surface area contributed by atoms with Crippen molar-refractivity contribution in [3.8, 4) is 0 Å². The number of aryl methyl sites for hydroxylation is 1. The van der Waals surface area contributed by atoms with E-state index in [-0.39, 0.29) is 12.2 Å². The average Bonchev–Trinajstić information content (AvgIpc) is 2.91. The molecule has 0 saturated heterocycles. The minimum absolute atomic E-state index is 0.0743. The van der Waals surface area contributed by atoms with Gasteiger partial charge in [0.2, 0.25) is 0 Å². The van der Waals surface area contributed by atoms with Gasteiger partial charge >= 0.3 is 12.2 Å². The molecule has 0 saturated carbocycles. The summed E-state index contributed by atoms with van der Waals surface area (Å²) in [5, 5.41) is 13.7. The molecule has 1 aromatic carbocycles. The van der Waals surface area contributed by atoms with Crippen molar-refractivity contribution in [1.82, 2.24) is 15.5 Å². The second-order valence-electron chi connectivity index (χ2n) is 4.48. The molecule has 2 N–H and O–H groups in total. The second kappa shape index (κ2) is 6.90. The first-order valence-electron chi connectivity index (χ1n) is 6.52. The first-order chi connectivity index (χ1) is 10.8. The van der Waals surface area contributed by atoms with Gasteiger partial charge < -0.3 is 10.6 Å². The molecule has 2 amide bonds. The minimum Gasteiger partial charge on any atom is -0.331 e. The molecule has 0 radical (unpaired) electrons. The monoisotopic (exact) mass is 348 g/mol. The van der Waals surface area contributed by atoms with E-state index in [2.05, 4.69) is 20.8 Å². The van der Waals surface area contributed by atoms with E-state index in [0.29, 0.717) is 23.6 Å². The van der Waals surface area contributed by atoms with E-state index in [9.17, 15) is 22.4 Å². The Kier molecular flexibility index (Phi) is 5.14. The van der Waals surface area contributed by atoms with Gasteiger partial charge in [-0.1, -0.05) is 18.3 Å². The number of alkyl halides is 3. The van der Waals surface area contributed by atoms with E-state index in [0.717, 1.165) is 11.1 Å². The van der Waals surface area contributed by atoms with Crippen LogP contribution < -0.4 is 10.6 Å². The second-order valence-corrected chi connectivity index (χ2v) is 5.62. The molecule has 0 spiro atoms. The van der Waals surface area contributed by atoms with E-state index in [1.54, 1.807) is 0 Å². The van der Waals surface area contributed by atoms with Crippen LogP contribution in [0, 0.1) is 5.82 Å². The summed E-state index contributed by atoms with van der Waals surface area (Å²) in [5.74, 6) is -1.09. The first kappa shape index (κ1) is 17.1. The molecule has 0 aliphatic heterocycles. The van der Waals surface area contributed by atoms with Crippen LogP contribution in [0.15, 0.2) is 18.2 Å². The number of nitrogens with one attached hydrogen (secondary N) is 2. The van der Waals surface area contributed by atoms with E-state index in [1.165, 1.54) is 11.3 Å². The summed E-state index contributed by atoms with van der Waals surface area (Å²) in [7, 11) is 0. The Morgan fingerprint density at radius 3 is 2.52 bits per heavy atom. The molecule has 1 heterocycles. The van der Waals surface area contributed by atoms with Crippen LogP contribution in [0.1, 0.15) is 22.5 Å². The van der Waals surface area contributed by atoms with Gasteiger partial charge in [0.1, 0.15) is 15.8 Å². The fraction of sp³-hybridized carbons (Fsp3) is 0.308. The molecule has 124 valence electrons. The molecular formula is C13H12F4N4OS. The summed E-state index contributed by atoms with van der Waals surface area (Å²) in [5.41, 5.74) is -1.47. The number of carbonyl (C=O) groups excluding carboxylic acids is 1. The molecule has 0 fully saturated rings. The number of hydrogen-bond donors (Lipinski definition) is 2. The number of nitrogens with zero attached hydrogens (tertiary/aromatic N) is 2. The zero-order valence-electron chi connectivity index (χ0n) is 11.9. The van der Waals surface area contributed by atoms with Gasteiger partial charge in [-0.05, 0) is 24.6 Å². The average molecular weight is 348 g/mol. The van der Waals surface area contributed by atoms with Crippen molar-refractivity contribution in [1.29, 1.82) is 0 Å². The molecule has 0 bridgehead atoms. The topological polar surface area (TPSA) is 66.9 Å². The van der Waals surface area contributed by atoms with Crippen LogP contribution in [0.4, 0.5) is 28.0 Å². The number of anilines is 1. The van der Waals surface area contributed by atoms with Gasteiger partial charge in [-0.3, -0.25) is 0 Å². The standard InChI is InChI=1S/C13H12F4N4OS/c1-2-10-20-21-11(23-10)6-18-12(22)19-9-4-7(13(15,16)17)3-8(14)5-9/h3-5H,2,6H2,1H3,(H2,18,19,22). The molecular weight excluding hydrogens is 336 g/mol. The van der Waals surface area contributed by atoms with Crippen molar-refractivity contribution in [2.24, 2.45) is 0 Å². The van der Waals surface area contributed by atoms with Crippen molar-refractivity contribution in [2.75, 3.05) is 5.32 Å².